The molecule has 0 aromatic carbocycles. The van der Waals surface area contributed by atoms with Crippen LogP contribution in [-0.4, -0.2) is 23.6 Å². The highest BCUT2D eigenvalue weighted by Crippen LogP contribution is 2.20. The van der Waals surface area contributed by atoms with Crippen LogP contribution in [-0.2, 0) is 14.3 Å². The van der Waals surface area contributed by atoms with Crippen molar-refractivity contribution in [3.8, 4) is 0 Å². The number of rotatable bonds is 8. The number of esters is 1. The van der Waals surface area contributed by atoms with E-state index in [1.165, 1.54) is 13.4 Å². The SMILES string of the molecule is C=COC(CC)[C@@H](CCCI)C(=O)OC. The minimum atomic E-state index is -0.187. The monoisotopic (exact) mass is 326 g/mol. The zero-order chi connectivity index (χ0) is 11.7. The molecule has 0 saturated heterocycles. The van der Waals surface area contributed by atoms with E-state index in [1.807, 2.05) is 6.92 Å². The topological polar surface area (TPSA) is 35.5 Å². The Balaban J connectivity index is 4.41. The third kappa shape index (κ3) is 5.39. The summed E-state index contributed by atoms with van der Waals surface area (Å²) in [5.74, 6) is -0.360. The molecule has 0 radical (unpaired) electrons. The second kappa shape index (κ2) is 9.00. The number of carbonyl (C=O) groups excluding carboxylic acids is 1. The van der Waals surface area contributed by atoms with Crippen molar-refractivity contribution >= 4 is 28.6 Å². The van der Waals surface area contributed by atoms with Gasteiger partial charge in [-0.1, -0.05) is 36.1 Å². The standard InChI is InChI=1S/C11H19IO3/c1-4-10(15-5-2)9(7-6-8-12)11(13)14-3/h5,9-10H,2,4,6-8H2,1,3H3/t9-,10?/m1/s1. The lowest BCUT2D eigenvalue weighted by Crippen LogP contribution is -2.30. The first-order valence-corrected chi connectivity index (χ1v) is 6.63. The lowest BCUT2D eigenvalue weighted by Gasteiger charge is -2.23. The molecule has 2 atom stereocenters. The molecule has 0 aliphatic heterocycles. The number of methoxy groups -OCH3 is 1. The normalized spacial score (nSPS) is 14.1. The quantitative estimate of drug-likeness (QED) is 0.298. The molecular formula is C11H19IO3. The maximum Gasteiger partial charge on any atom is 0.312 e. The molecule has 0 bridgehead atoms. The first-order valence-electron chi connectivity index (χ1n) is 5.11. The van der Waals surface area contributed by atoms with Crippen LogP contribution in [0.25, 0.3) is 0 Å². The van der Waals surface area contributed by atoms with E-state index in [9.17, 15) is 4.79 Å². The predicted octanol–water partition coefficient (Wildman–Crippen LogP) is 2.93. The van der Waals surface area contributed by atoms with Crippen molar-refractivity contribution in [2.24, 2.45) is 5.92 Å². The van der Waals surface area contributed by atoms with E-state index >= 15 is 0 Å². The fourth-order valence-electron chi connectivity index (χ4n) is 1.50. The minimum absolute atomic E-state index is 0.113. The summed E-state index contributed by atoms with van der Waals surface area (Å²) in [6, 6.07) is 0. The molecular weight excluding hydrogens is 307 g/mol. The van der Waals surface area contributed by atoms with Gasteiger partial charge in [0.1, 0.15) is 6.10 Å². The molecule has 0 heterocycles. The molecule has 0 saturated carbocycles. The summed E-state index contributed by atoms with van der Waals surface area (Å²) in [6.07, 6.45) is 3.87. The van der Waals surface area contributed by atoms with Crippen molar-refractivity contribution in [2.45, 2.75) is 32.3 Å². The molecule has 0 aliphatic carbocycles. The van der Waals surface area contributed by atoms with Crippen LogP contribution < -0.4 is 0 Å². The van der Waals surface area contributed by atoms with E-state index in [0.29, 0.717) is 0 Å². The smallest absolute Gasteiger partial charge is 0.312 e. The Labute approximate surface area is 105 Å². The van der Waals surface area contributed by atoms with Gasteiger partial charge in [-0.3, -0.25) is 4.79 Å². The number of hydrogen-bond donors (Lipinski definition) is 0. The highest BCUT2D eigenvalue weighted by molar-refractivity contribution is 14.1. The van der Waals surface area contributed by atoms with Gasteiger partial charge in [-0.05, 0) is 23.7 Å². The average Bonchev–Trinajstić information content (AvgIpc) is 2.27. The van der Waals surface area contributed by atoms with Crippen molar-refractivity contribution < 1.29 is 14.3 Å². The zero-order valence-corrected chi connectivity index (χ0v) is 11.5. The second-order valence-electron chi connectivity index (χ2n) is 3.21. The molecule has 88 valence electrons. The minimum Gasteiger partial charge on any atom is -0.498 e. The van der Waals surface area contributed by atoms with Gasteiger partial charge >= 0.3 is 5.97 Å². The van der Waals surface area contributed by atoms with Crippen LogP contribution in [0.2, 0.25) is 0 Å². The van der Waals surface area contributed by atoms with Gasteiger partial charge in [-0.25, -0.2) is 0 Å². The van der Waals surface area contributed by atoms with Crippen molar-refractivity contribution in [2.75, 3.05) is 11.5 Å². The highest BCUT2D eigenvalue weighted by atomic mass is 127. The van der Waals surface area contributed by atoms with Gasteiger partial charge < -0.3 is 9.47 Å². The Morgan fingerprint density at radius 1 is 1.60 bits per heavy atom. The van der Waals surface area contributed by atoms with Crippen LogP contribution >= 0.6 is 22.6 Å². The molecule has 3 nitrogen and oxygen atoms in total. The predicted molar refractivity (Wildman–Crippen MR) is 69.0 cm³/mol. The van der Waals surface area contributed by atoms with E-state index in [0.717, 1.165) is 23.7 Å². The number of halogens is 1. The Kier molecular flexibility index (Phi) is 8.85. The lowest BCUT2D eigenvalue weighted by atomic mass is 9.95. The van der Waals surface area contributed by atoms with Gasteiger partial charge in [0.2, 0.25) is 0 Å². The van der Waals surface area contributed by atoms with Gasteiger partial charge in [0.05, 0.1) is 19.3 Å². The van der Waals surface area contributed by atoms with E-state index in [4.69, 9.17) is 9.47 Å². The molecule has 0 aliphatic rings. The number of ether oxygens (including phenoxy) is 2. The van der Waals surface area contributed by atoms with Crippen LogP contribution in [0.5, 0.6) is 0 Å². The van der Waals surface area contributed by atoms with E-state index in [2.05, 4.69) is 29.2 Å². The Morgan fingerprint density at radius 2 is 2.27 bits per heavy atom. The van der Waals surface area contributed by atoms with Crippen LogP contribution in [0.1, 0.15) is 26.2 Å². The zero-order valence-electron chi connectivity index (χ0n) is 9.37. The average molecular weight is 326 g/mol. The van der Waals surface area contributed by atoms with Gasteiger partial charge in [0.15, 0.2) is 0 Å². The summed E-state index contributed by atoms with van der Waals surface area (Å²) in [6.45, 7) is 5.51. The van der Waals surface area contributed by atoms with Crippen molar-refractivity contribution in [1.29, 1.82) is 0 Å². The number of hydrogen-bond acceptors (Lipinski definition) is 3. The molecule has 0 aromatic heterocycles. The Morgan fingerprint density at radius 3 is 2.67 bits per heavy atom. The summed E-state index contributed by atoms with van der Waals surface area (Å²) < 4.78 is 11.2. The third-order valence-corrected chi connectivity index (χ3v) is 3.04. The van der Waals surface area contributed by atoms with E-state index in [1.54, 1.807) is 0 Å². The summed E-state index contributed by atoms with van der Waals surface area (Å²) in [4.78, 5) is 11.6. The summed E-state index contributed by atoms with van der Waals surface area (Å²) in [5, 5.41) is 0. The molecule has 0 spiro atoms. The summed E-state index contributed by atoms with van der Waals surface area (Å²) >= 11 is 2.30. The maximum absolute atomic E-state index is 11.6. The first kappa shape index (κ1) is 14.7. The Hall–Kier alpha value is -0.260. The number of carbonyl (C=O) groups is 1. The molecule has 4 heteroatoms. The summed E-state index contributed by atoms with van der Waals surface area (Å²) in [5.41, 5.74) is 0. The van der Waals surface area contributed by atoms with Crippen molar-refractivity contribution in [3.05, 3.63) is 12.8 Å². The third-order valence-electron chi connectivity index (χ3n) is 2.27. The maximum atomic E-state index is 11.6. The molecule has 0 aromatic rings. The van der Waals surface area contributed by atoms with E-state index < -0.39 is 0 Å². The van der Waals surface area contributed by atoms with E-state index in [-0.39, 0.29) is 18.0 Å². The lowest BCUT2D eigenvalue weighted by molar-refractivity contribution is -0.150. The number of alkyl halides is 1. The Bertz CT molecular complexity index is 194. The largest absolute Gasteiger partial charge is 0.498 e. The van der Waals surface area contributed by atoms with Crippen LogP contribution in [0.3, 0.4) is 0 Å². The highest BCUT2D eigenvalue weighted by Gasteiger charge is 2.28. The van der Waals surface area contributed by atoms with Crippen LogP contribution in [0.4, 0.5) is 0 Å². The first-order chi connectivity index (χ1) is 7.21. The molecule has 0 N–H and O–H groups in total. The molecule has 0 fully saturated rings. The van der Waals surface area contributed by atoms with Crippen molar-refractivity contribution in [3.63, 3.8) is 0 Å². The molecule has 1 unspecified atom stereocenters. The molecule has 15 heavy (non-hydrogen) atoms. The van der Waals surface area contributed by atoms with Crippen LogP contribution in [0.15, 0.2) is 12.8 Å². The summed E-state index contributed by atoms with van der Waals surface area (Å²) in [7, 11) is 1.42. The van der Waals surface area contributed by atoms with Crippen molar-refractivity contribution in [1.82, 2.24) is 0 Å². The van der Waals surface area contributed by atoms with Gasteiger partial charge in [-0.15, -0.1) is 0 Å². The molecule has 0 amide bonds. The van der Waals surface area contributed by atoms with Gasteiger partial charge in [-0.2, -0.15) is 0 Å². The second-order valence-corrected chi connectivity index (χ2v) is 4.29. The fourth-order valence-corrected chi connectivity index (χ4v) is 1.94. The van der Waals surface area contributed by atoms with Gasteiger partial charge in [0, 0.05) is 0 Å². The van der Waals surface area contributed by atoms with Gasteiger partial charge in [0.25, 0.3) is 0 Å². The fraction of sp³-hybridized carbons (Fsp3) is 0.727. The molecule has 0 rings (SSSR count). The van der Waals surface area contributed by atoms with Crippen LogP contribution in [0, 0.1) is 5.92 Å².